The highest BCUT2D eigenvalue weighted by Gasteiger charge is 2.17. The maximum absolute atomic E-state index is 11.0. The van der Waals surface area contributed by atoms with E-state index >= 15 is 0 Å². The van der Waals surface area contributed by atoms with Gasteiger partial charge in [-0.15, -0.1) is 0 Å². The zero-order chi connectivity index (χ0) is 12.6. The lowest BCUT2D eigenvalue weighted by Crippen LogP contribution is -2.14. The molecular formula is C12H10BrNO3. The van der Waals surface area contributed by atoms with E-state index in [1.807, 2.05) is 12.1 Å². The average Bonchev–Trinajstić information content (AvgIpc) is 2.65. The Bertz CT molecular complexity index is 603. The van der Waals surface area contributed by atoms with Gasteiger partial charge in [-0.3, -0.25) is 4.79 Å². The van der Waals surface area contributed by atoms with Crippen LogP contribution in [-0.4, -0.2) is 21.9 Å². The van der Waals surface area contributed by atoms with Gasteiger partial charge in [-0.1, -0.05) is 15.9 Å². The van der Waals surface area contributed by atoms with Crippen LogP contribution in [0.2, 0.25) is 0 Å². The zero-order valence-corrected chi connectivity index (χ0v) is 10.6. The summed E-state index contributed by atoms with van der Waals surface area (Å²) in [5.41, 5.74) is 1.24. The Kier molecular flexibility index (Phi) is 3.02. The summed E-state index contributed by atoms with van der Waals surface area (Å²) in [4.78, 5) is 22.0. The van der Waals surface area contributed by atoms with Crippen molar-refractivity contribution in [2.45, 2.75) is 13.0 Å². The molecule has 4 nitrogen and oxygen atoms in total. The zero-order valence-electron chi connectivity index (χ0n) is 9.05. The van der Waals surface area contributed by atoms with Gasteiger partial charge in [0.05, 0.1) is 0 Å². The van der Waals surface area contributed by atoms with E-state index in [1.165, 1.54) is 0 Å². The van der Waals surface area contributed by atoms with Gasteiger partial charge in [0, 0.05) is 27.1 Å². The molecule has 0 aliphatic carbocycles. The van der Waals surface area contributed by atoms with Crippen molar-refractivity contribution >= 4 is 39.1 Å². The minimum absolute atomic E-state index is 0.495. The number of carbonyl (C=O) groups excluding carboxylic acids is 1. The van der Waals surface area contributed by atoms with E-state index in [0.717, 1.165) is 21.7 Å². The lowest BCUT2D eigenvalue weighted by molar-refractivity contribution is -0.140. The molecule has 0 amide bonds. The molecule has 0 unspecified atom stereocenters. The summed E-state index contributed by atoms with van der Waals surface area (Å²) in [5.74, 6) is -0.928. The topological polar surface area (TPSA) is 59.3 Å². The number of aldehydes is 1. The third-order valence-corrected chi connectivity index (χ3v) is 3.22. The van der Waals surface area contributed by atoms with E-state index in [1.54, 1.807) is 23.8 Å². The fraction of sp³-hybridized carbons (Fsp3) is 0.167. The smallest absolute Gasteiger partial charge is 0.326 e. The van der Waals surface area contributed by atoms with Gasteiger partial charge in [-0.2, -0.15) is 0 Å². The van der Waals surface area contributed by atoms with Crippen molar-refractivity contribution in [2.75, 3.05) is 0 Å². The van der Waals surface area contributed by atoms with Crippen molar-refractivity contribution in [1.82, 2.24) is 4.57 Å². The molecule has 2 rings (SSSR count). The molecule has 2 aromatic rings. The van der Waals surface area contributed by atoms with Gasteiger partial charge >= 0.3 is 5.97 Å². The molecule has 0 saturated heterocycles. The quantitative estimate of drug-likeness (QED) is 0.886. The number of fused-ring (bicyclic) bond motifs is 1. The van der Waals surface area contributed by atoms with Crippen molar-refractivity contribution in [1.29, 1.82) is 0 Å². The molecule has 5 heteroatoms. The van der Waals surface area contributed by atoms with Crippen molar-refractivity contribution in [3.05, 3.63) is 34.4 Å². The highest BCUT2D eigenvalue weighted by molar-refractivity contribution is 9.10. The molecule has 0 fully saturated rings. The molecule has 1 N–H and O–H groups in total. The number of aromatic nitrogens is 1. The third kappa shape index (κ3) is 1.98. The van der Waals surface area contributed by atoms with Gasteiger partial charge in [-0.05, 0) is 25.1 Å². The highest BCUT2D eigenvalue weighted by Crippen LogP contribution is 2.26. The van der Waals surface area contributed by atoms with Gasteiger partial charge in [-0.25, -0.2) is 4.79 Å². The van der Waals surface area contributed by atoms with Crippen LogP contribution < -0.4 is 0 Å². The molecule has 1 aromatic heterocycles. The Labute approximate surface area is 106 Å². The van der Waals surface area contributed by atoms with E-state index in [9.17, 15) is 9.59 Å². The lowest BCUT2D eigenvalue weighted by atomic mass is 10.2. The maximum Gasteiger partial charge on any atom is 0.326 e. The van der Waals surface area contributed by atoms with Crippen LogP contribution in [0.1, 0.15) is 23.3 Å². The van der Waals surface area contributed by atoms with Crippen molar-refractivity contribution in [3.63, 3.8) is 0 Å². The number of hydrogen-bond donors (Lipinski definition) is 1. The average molecular weight is 296 g/mol. The fourth-order valence-corrected chi connectivity index (χ4v) is 2.15. The molecule has 0 radical (unpaired) electrons. The van der Waals surface area contributed by atoms with Crippen LogP contribution in [0.4, 0.5) is 0 Å². The Morgan fingerprint density at radius 2 is 2.24 bits per heavy atom. The molecule has 0 bridgehead atoms. The number of halogens is 1. The third-order valence-electron chi connectivity index (χ3n) is 2.73. The Balaban J connectivity index is 2.73. The summed E-state index contributed by atoms with van der Waals surface area (Å²) in [7, 11) is 0. The van der Waals surface area contributed by atoms with Gasteiger partial charge in [0.15, 0.2) is 6.29 Å². The number of carboxylic acids is 1. The Morgan fingerprint density at radius 1 is 1.53 bits per heavy atom. The molecule has 0 saturated carbocycles. The van der Waals surface area contributed by atoms with E-state index in [2.05, 4.69) is 15.9 Å². The first-order valence-electron chi connectivity index (χ1n) is 5.02. The molecule has 0 aliphatic heterocycles. The van der Waals surface area contributed by atoms with Crippen LogP contribution in [0, 0.1) is 0 Å². The SMILES string of the molecule is C[C@@H](C(=O)O)n1cc(C=O)c2cc(Br)ccc21. The summed E-state index contributed by atoms with van der Waals surface area (Å²) in [6.07, 6.45) is 2.31. The van der Waals surface area contributed by atoms with Crippen LogP contribution in [0.25, 0.3) is 10.9 Å². The maximum atomic E-state index is 11.0. The first-order chi connectivity index (χ1) is 8.04. The second-order valence-electron chi connectivity index (χ2n) is 3.79. The number of rotatable bonds is 3. The minimum atomic E-state index is -0.928. The molecule has 17 heavy (non-hydrogen) atoms. The molecule has 0 spiro atoms. The molecule has 88 valence electrons. The molecule has 1 heterocycles. The van der Waals surface area contributed by atoms with Gasteiger partial charge in [0.1, 0.15) is 6.04 Å². The van der Waals surface area contributed by atoms with Crippen molar-refractivity contribution < 1.29 is 14.7 Å². The predicted octanol–water partition coefficient (Wildman–Crippen LogP) is 2.86. The molecular weight excluding hydrogens is 286 g/mol. The van der Waals surface area contributed by atoms with E-state index in [4.69, 9.17) is 5.11 Å². The normalized spacial score (nSPS) is 12.6. The molecule has 0 aliphatic rings. The highest BCUT2D eigenvalue weighted by atomic mass is 79.9. The molecule has 1 aromatic carbocycles. The van der Waals surface area contributed by atoms with Gasteiger partial charge in [0.25, 0.3) is 0 Å². The van der Waals surface area contributed by atoms with Crippen LogP contribution in [0.5, 0.6) is 0 Å². The van der Waals surface area contributed by atoms with Gasteiger partial charge in [0.2, 0.25) is 0 Å². The fourth-order valence-electron chi connectivity index (χ4n) is 1.79. The largest absolute Gasteiger partial charge is 0.480 e. The lowest BCUT2D eigenvalue weighted by Gasteiger charge is -2.09. The Hall–Kier alpha value is -1.62. The second kappa shape index (κ2) is 4.33. The number of hydrogen-bond acceptors (Lipinski definition) is 2. The Morgan fingerprint density at radius 3 is 2.82 bits per heavy atom. The van der Waals surface area contributed by atoms with Crippen LogP contribution in [0.15, 0.2) is 28.9 Å². The summed E-state index contributed by atoms with van der Waals surface area (Å²) in [6.45, 7) is 1.58. The number of benzene rings is 1. The summed E-state index contributed by atoms with van der Waals surface area (Å²) in [6, 6.07) is 4.73. The molecule has 1 atom stereocenters. The standard InChI is InChI=1S/C12H10BrNO3/c1-7(12(16)17)14-5-8(6-15)10-4-9(13)2-3-11(10)14/h2-7H,1H3,(H,16,17)/t7-/m0/s1. The summed E-state index contributed by atoms with van der Waals surface area (Å²) in [5, 5.41) is 9.77. The number of carboxylic acid groups (broad SMARTS) is 1. The first-order valence-corrected chi connectivity index (χ1v) is 5.82. The number of nitrogens with zero attached hydrogens (tertiary/aromatic N) is 1. The predicted molar refractivity (Wildman–Crippen MR) is 67.4 cm³/mol. The van der Waals surface area contributed by atoms with Gasteiger partial charge < -0.3 is 9.67 Å². The van der Waals surface area contributed by atoms with Crippen LogP contribution >= 0.6 is 15.9 Å². The monoisotopic (exact) mass is 295 g/mol. The van der Waals surface area contributed by atoms with Crippen LogP contribution in [-0.2, 0) is 4.79 Å². The van der Waals surface area contributed by atoms with E-state index in [-0.39, 0.29) is 0 Å². The minimum Gasteiger partial charge on any atom is -0.480 e. The van der Waals surface area contributed by atoms with E-state index < -0.39 is 12.0 Å². The number of carbonyl (C=O) groups is 2. The first kappa shape index (κ1) is 11.9. The van der Waals surface area contributed by atoms with Crippen molar-refractivity contribution in [2.24, 2.45) is 0 Å². The van der Waals surface area contributed by atoms with Crippen LogP contribution in [0.3, 0.4) is 0 Å². The van der Waals surface area contributed by atoms with E-state index in [0.29, 0.717) is 5.56 Å². The van der Waals surface area contributed by atoms with Crippen molar-refractivity contribution in [3.8, 4) is 0 Å². The summed E-state index contributed by atoms with van der Waals surface area (Å²) >= 11 is 3.33. The second-order valence-corrected chi connectivity index (χ2v) is 4.70. The number of aliphatic carboxylic acids is 1. The summed E-state index contributed by atoms with van der Waals surface area (Å²) < 4.78 is 2.45.